The number of hydrogen-bond donors (Lipinski definition) is 2. The minimum Gasteiger partial charge on any atom is -0.360 e. The smallest absolute Gasteiger partial charge is 0.243 e. The highest BCUT2D eigenvalue weighted by atomic mass is 16.5. The van der Waals surface area contributed by atoms with E-state index in [0.717, 1.165) is 0 Å². The van der Waals surface area contributed by atoms with E-state index in [1.54, 1.807) is 13.0 Å². The van der Waals surface area contributed by atoms with E-state index in [-0.39, 0.29) is 11.3 Å². The Hall–Kier alpha value is -1.36. The lowest BCUT2D eigenvalue weighted by atomic mass is 9.87. The molecule has 1 heterocycles. The molecule has 1 rings (SSSR count). The molecule has 0 saturated heterocycles. The zero-order chi connectivity index (χ0) is 11.6. The number of carbonyl (C=O) groups excluding carboxylic acids is 1. The van der Waals surface area contributed by atoms with Crippen LogP contribution in [0, 0.1) is 12.3 Å². The first kappa shape index (κ1) is 11.7. The topological polar surface area (TPSA) is 81.2 Å². The van der Waals surface area contributed by atoms with Crippen molar-refractivity contribution < 1.29 is 9.32 Å². The maximum absolute atomic E-state index is 11.7. The molecule has 3 N–H and O–H groups in total. The minimum absolute atomic E-state index is 0.254. The lowest BCUT2D eigenvalue weighted by Gasteiger charge is -2.25. The number of nitrogens with two attached hydrogens (primary N) is 1. The van der Waals surface area contributed by atoms with Crippen molar-refractivity contribution in [3.63, 3.8) is 0 Å². The molecule has 0 saturated carbocycles. The van der Waals surface area contributed by atoms with Gasteiger partial charge in [-0.15, -0.1) is 0 Å². The Kier molecular flexibility index (Phi) is 3.14. The standard InChI is InChI=1S/C10H17N3O2/c1-6-5-7(13-15-6)12-9(14)8(11)10(2,3)4/h5,8H,11H2,1-4H3,(H,12,13,14)/t8-/m1/s1. The first-order valence-corrected chi connectivity index (χ1v) is 4.80. The number of nitrogens with one attached hydrogen (secondary N) is 1. The van der Waals surface area contributed by atoms with Crippen molar-refractivity contribution >= 4 is 11.7 Å². The summed E-state index contributed by atoms with van der Waals surface area (Å²) in [6, 6.07) is 1.07. The molecule has 5 nitrogen and oxygen atoms in total. The maximum atomic E-state index is 11.7. The van der Waals surface area contributed by atoms with Crippen LogP contribution in [0.1, 0.15) is 26.5 Å². The molecule has 0 unspecified atom stereocenters. The van der Waals surface area contributed by atoms with Crippen molar-refractivity contribution in [2.45, 2.75) is 33.7 Å². The summed E-state index contributed by atoms with van der Waals surface area (Å²) in [5, 5.41) is 6.26. The molecule has 1 amide bonds. The predicted octanol–water partition coefficient (Wildman–Crippen LogP) is 1.29. The molecule has 0 aliphatic carbocycles. The second-order valence-corrected chi connectivity index (χ2v) is 4.66. The molecular formula is C10H17N3O2. The van der Waals surface area contributed by atoms with Crippen LogP contribution in [-0.2, 0) is 4.79 Å². The lowest BCUT2D eigenvalue weighted by Crippen LogP contribution is -2.45. The molecule has 84 valence electrons. The van der Waals surface area contributed by atoms with Gasteiger partial charge in [-0.3, -0.25) is 4.79 Å². The van der Waals surface area contributed by atoms with Gasteiger partial charge in [0.25, 0.3) is 0 Å². The molecule has 5 heteroatoms. The van der Waals surface area contributed by atoms with E-state index < -0.39 is 6.04 Å². The van der Waals surface area contributed by atoms with Crippen molar-refractivity contribution in [3.05, 3.63) is 11.8 Å². The Morgan fingerprint density at radius 2 is 2.20 bits per heavy atom. The second-order valence-electron chi connectivity index (χ2n) is 4.66. The van der Waals surface area contributed by atoms with Gasteiger partial charge in [0.1, 0.15) is 5.76 Å². The summed E-state index contributed by atoms with van der Waals surface area (Å²) in [6.45, 7) is 7.48. The summed E-state index contributed by atoms with van der Waals surface area (Å²) < 4.78 is 4.83. The summed E-state index contributed by atoms with van der Waals surface area (Å²) in [4.78, 5) is 11.7. The van der Waals surface area contributed by atoms with Crippen LogP contribution in [0.5, 0.6) is 0 Å². The number of aromatic nitrogens is 1. The first-order chi connectivity index (χ1) is 6.80. The summed E-state index contributed by atoms with van der Waals surface area (Å²) in [5.41, 5.74) is 5.50. The quantitative estimate of drug-likeness (QED) is 0.772. The zero-order valence-electron chi connectivity index (χ0n) is 9.50. The summed E-state index contributed by atoms with van der Waals surface area (Å²) >= 11 is 0. The van der Waals surface area contributed by atoms with E-state index in [1.165, 1.54) is 0 Å². The number of hydrogen-bond acceptors (Lipinski definition) is 4. The summed E-state index contributed by atoms with van der Waals surface area (Å²) in [7, 11) is 0. The molecular weight excluding hydrogens is 194 g/mol. The van der Waals surface area contributed by atoms with Crippen LogP contribution in [0.3, 0.4) is 0 Å². The first-order valence-electron chi connectivity index (χ1n) is 4.80. The Morgan fingerprint density at radius 3 is 2.60 bits per heavy atom. The largest absolute Gasteiger partial charge is 0.360 e. The summed E-state index contributed by atoms with van der Waals surface area (Å²) in [5.74, 6) is 0.794. The fourth-order valence-electron chi connectivity index (χ4n) is 1.02. The Labute approximate surface area is 89.0 Å². The Morgan fingerprint density at radius 1 is 1.60 bits per heavy atom. The Bertz CT molecular complexity index is 352. The lowest BCUT2D eigenvalue weighted by molar-refractivity contribution is -0.119. The van der Waals surface area contributed by atoms with Crippen molar-refractivity contribution in [1.82, 2.24) is 5.16 Å². The number of amides is 1. The SMILES string of the molecule is Cc1cc(NC(=O)[C@@H](N)C(C)(C)C)no1. The van der Waals surface area contributed by atoms with Crippen molar-refractivity contribution in [1.29, 1.82) is 0 Å². The van der Waals surface area contributed by atoms with Crippen molar-refractivity contribution in [2.75, 3.05) is 5.32 Å². The molecule has 1 atom stereocenters. The molecule has 0 aromatic carbocycles. The normalized spacial score (nSPS) is 13.7. The second kappa shape index (κ2) is 4.02. The monoisotopic (exact) mass is 211 g/mol. The fraction of sp³-hybridized carbons (Fsp3) is 0.600. The van der Waals surface area contributed by atoms with Crippen LogP contribution in [-0.4, -0.2) is 17.1 Å². The van der Waals surface area contributed by atoms with Crippen LogP contribution in [0.25, 0.3) is 0 Å². The number of carbonyl (C=O) groups is 1. The molecule has 0 bridgehead atoms. The number of aryl methyl sites for hydroxylation is 1. The van der Waals surface area contributed by atoms with Crippen molar-refractivity contribution in [2.24, 2.45) is 11.1 Å². The number of anilines is 1. The van der Waals surface area contributed by atoms with Gasteiger partial charge in [0, 0.05) is 6.07 Å². The molecule has 0 radical (unpaired) electrons. The van der Waals surface area contributed by atoms with Gasteiger partial charge in [-0.2, -0.15) is 0 Å². The van der Waals surface area contributed by atoms with E-state index in [9.17, 15) is 4.79 Å². The summed E-state index contributed by atoms with van der Waals surface area (Å²) in [6.07, 6.45) is 0. The van der Waals surface area contributed by atoms with E-state index in [2.05, 4.69) is 10.5 Å². The van der Waals surface area contributed by atoms with Gasteiger partial charge in [-0.05, 0) is 12.3 Å². The van der Waals surface area contributed by atoms with E-state index >= 15 is 0 Å². The van der Waals surface area contributed by atoms with Crippen LogP contribution in [0.2, 0.25) is 0 Å². The third-order valence-electron chi connectivity index (χ3n) is 2.09. The van der Waals surface area contributed by atoms with Crippen LogP contribution >= 0.6 is 0 Å². The average Bonchev–Trinajstić information content (AvgIpc) is 2.48. The van der Waals surface area contributed by atoms with Crippen LogP contribution in [0.15, 0.2) is 10.6 Å². The molecule has 0 aliphatic heterocycles. The number of rotatable bonds is 2. The third-order valence-corrected chi connectivity index (χ3v) is 2.09. The van der Waals surface area contributed by atoms with E-state index in [0.29, 0.717) is 11.6 Å². The molecule has 0 fully saturated rings. The zero-order valence-corrected chi connectivity index (χ0v) is 9.50. The van der Waals surface area contributed by atoms with E-state index in [4.69, 9.17) is 10.3 Å². The highest BCUT2D eigenvalue weighted by Crippen LogP contribution is 2.18. The van der Waals surface area contributed by atoms with Gasteiger partial charge in [0.05, 0.1) is 6.04 Å². The molecule has 0 spiro atoms. The van der Waals surface area contributed by atoms with E-state index in [1.807, 2.05) is 20.8 Å². The van der Waals surface area contributed by atoms with Gasteiger partial charge in [-0.1, -0.05) is 25.9 Å². The fourth-order valence-corrected chi connectivity index (χ4v) is 1.02. The highest BCUT2D eigenvalue weighted by Gasteiger charge is 2.27. The van der Waals surface area contributed by atoms with Crippen LogP contribution in [0.4, 0.5) is 5.82 Å². The van der Waals surface area contributed by atoms with Gasteiger partial charge < -0.3 is 15.6 Å². The van der Waals surface area contributed by atoms with Crippen LogP contribution < -0.4 is 11.1 Å². The van der Waals surface area contributed by atoms with Crippen molar-refractivity contribution in [3.8, 4) is 0 Å². The average molecular weight is 211 g/mol. The number of nitrogens with zero attached hydrogens (tertiary/aromatic N) is 1. The molecule has 15 heavy (non-hydrogen) atoms. The maximum Gasteiger partial charge on any atom is 0.243 e. The van der Waals surface area contributed by atoms with Gasteiger partial charge in [0.2, 0.25) is 5.91 Å². The minimum atomic E-state index is -0.575. The Balaban J connectivity index is 2.64. The molecule has 0 aliphatic rings. The predicted molar refractivity (Wildman–Crippen MR) is 57.3 cm³/mol. The van der Waals surface area contributed by atoms with Gasteiger partial charge >= 0.3 is 0 Å². The third kappa shape index (κ3) is 3.06. The highest BCUT2D eigenvalue weighted by molar-refractivity contribution is 5.94. The molecule has 1 aromatic rings. The molecule has 1 aromatic heterocycles. The van der Waals surface area contributed by atoms with Gasteiger partial charge in [0.15, 0.2) is 5.82 Å². The van der Waals surface area contributed by atoms with Gasteiger partial charge in [-0.25, -0.2) is 0 Å².